The number of aromatic nitrogens is 2. The summed E-state index contributed by atoms with van der Waals surface area (Å²) < 4.78 is 7.61. The van der Waals surface area contributed by atoms with E-state index in [4.69, 9.17) is 9.73 Å². The number of aryl methyl sites for hydroxylation is 1. The molecule has 1 aliphatic carbocycles. The highest BCUT2D eigenvalue weighted by molar-refractivity contribution is 6.00. The van der Waals surface area contributed by atoms with Gasteiger partial charge >= 0.3 is 0 Å². The van der Waals surface area contributed by atoms with Crippen LogP contribution in [0.5, 0.6) is 5.75 Å². The van der Waals surface area contributed by atoms with Gasteiger partial charge in [0.15, 0.2) is 5.82 Å². The molecule has 0 spiro atoms. The molecule has 0 atom stereocenters. The van der Waals surface area contributed by atoms with E-state index in [2.05, 4.69) is 32.2 Å². The summed E-state index contributed by atoms with van der Waals surface area (Å²) in [5, 5.41) is 6.18. The van der Waals surface area contributed by atoms with Crippen molar-refractivity contribution in [1.82, 2.24) is 24.7 Å². The molecule has 1 aromatic carbocycles. The summed E-state index contributed by atoms with van der Waals surface area (Å²) in [6, 6.07) is 5.54. The summed E-state index contributed by atoms with van der Waals surface area (Å²) in [5.41, 5.74) is 1.88. The van der Waals surface area contributed by atoms with Gasteiger partial charge in [0, 0.05) is 57.1 Å². The molecule has 0 bridgehead atoms. The van der Waals surface area contributed by atoms with Crippen LogP contribution in [0, 0.1) is 0 Å². The van der Waals surface area contributed by atoms with Crippen LogP contribution in [0.2, 0.25) is 0 Å². The summed E-state index contributed by atoms with van der Waals surface area (Å²) in [6.45, 7) is 7.70. The molecule has 0 saturated heterocycles. The van der Waals surface area contributed by atoms with Gasteiger partial charge in [-0.1, -0.05) is 12.8 Å². The molecule has 0 unspecified atom stereocenters. The van der Waals surface area contributed by atoms with Gasteiger partial charge < -0.3 is 29.7 Å². The summed E-state index contributed by atoms with van der Waals surface area (Å²) in [4.78, 5) is 42.3. The number of rotatable bonds is 10. The van der Waals surface area contributed by atoms with Crippen molar-refractivity contribution in [3.8, 4) is 5.75 Å². The van der Waals surface area contributed by atoms with Gasteiger partial charge in [0.25, 0.3) is 5.91 Å². The van der Waals surface area contributed by atoms with Crippen molar-refractivity contribution in [3.05, 3.63) is 54.0 Å². The Morgan fingerprint density at radius 2 is 2.05 bits per heavy atom. The van der Waals surface area contributed by atoms with E-state index in [9.17, 15) is 9.59 Å². The fourth-order valence-electron chi connectivity index (χ4n) is 5.15. The average Bonchev–Trinajstić information content (AvgIpc) is 3.68. The van der Waals surface area contributed by atoms with Crippen LogP contribution in [-0.4, -0.2) is 77.1 Å². The molecule has 40 heavy (non-hydrogen) atoms. The smallest absolute Gasteiger partial charge is 0.251 e. The van der Waals surface area contributed by atoms with Crippen molar-refractivity contribution in [1.29, 1.82) is 0 Å². The number of ether oxygens (including phenoxy) is 1. The lowest BCUT2D eigenvalue weighted by Gasteiger charge is -2.31. The number of unbranched alkanes of at least 4 members (excludes halogenated alkanes) is 1. The van der Waals surface area contributed by atoms with Crippen LogP contribution >= 0.6 is 0 Å². The fraction of sp³-hybridized carbons (Fsp3) is 0.483. The number of methoxy groups -OCH3 is 1. The van der Waals surface area contributed by atoms with Crippen LogP contribution in [0.25, 0.3) is 0 Å². The minimum atomic E-state index is -0.164. The molecule has 1 aliphatic heterocycles. The average molecular weight is 549 g/mol. The molecule has 214 valence electrons. The van der Waals surface area contributed by atoms with Gasteiger partial charge in [-0.05, 0) is 57.5 Å². The Balaban J connectivity index is 1.46. The number of benzene rings is 1. The molecule has 2 aliphatic rings. The number of hydrogen-bond acceptors (Lipinski definition) is 6. The zero-order chi connectivity index (χ0) is 28.5. The van der Waals surface area contributed by atoms with Crippen molar-refractivity contribution in [2.75, 3.05) is 32.6 Å². The van der Waals surface area contributed by atoms with E-state index in [-0.39, 0.29) is 17.8 Å². The normalized spacial score (nSPS) is 16.8. The van der Waals surface area contributed by atoms with Crippen LogP contribution in [0.3, 0.4) is 0 Å². The Bertz CT molecular complexity index is 1250. The van der Waals surface area contributed by atoms with Gasteiger partial charge in [0.05, 0.1) is 24.8 Å². The van der Waals surface area contributed by atoms with Crippen LogP contribution < -0.4 is 15.4 Å². The lowest BCUT2D eigenvalue weighted by Crippen LogP contribution is -2.33. The lowest BCUT2D eigenvalue weighted by molar-refractivity contribution is -0.127. The number of carbonyl (C=O) groups excluding carboxylic acids is 2. The number of allylic oxidation sites excluding steroid dienone is 1. The van der Waals surface area contributed by atoms with Gasteiger partial charge in [0.2, 0.25) is 11.9 Å². The quantitative estimate of drug-likeness (QED) is 0.265. The van der Waals surface area contributed by atoms with Crippen molar-refractivity contribution in [3.63, 3.8) is 0 Å². The first-order chi connectivity index (χ1) is 19.4. The molecule has 1 aromatic heterocycles. The van der Waals surface area contributed by atoms with Crippen LogP contribution in [0.15, 0.2) is 58.4 Å². The first kappa shape index (κ1) is 28.8. The lowest BCUT2D eigenvalue weighted by atomic mass is 10.1. The van der Waals surface area contributed by atoms with Crippen LogP contribution in [-0.2, 0) is 11.3 Å². The Hall–Kier alpha value is -4.15. The van der Waals surface area contributed by atoms with Gasteiger partial charge in [0.1, 0.15) is 5.75 Å². The molecule has 11 heteroatoms. The van der Waals surface area contributed by atoms with Crippen molar-refractivity contribution >= 4 is 30.2 Å². The highest BCUT2D eigenvalue weighted by atomic mass is 16.5. The maximum Gasteiger partial charge on any atom is 0.251 e. The fourth-order valence-corrected chi connectivity index (χ4v) is 5.15. The Morgan fingerprint density at radius 1 is 1.25 bits per heavy atom. The van der Waals surface area contributed by atoms with Gasteiger partial charge in [-0.25, -0.2) is 9.98 Å². The van der Waals surface area contributed by atoms with E-state index in [1.165, 1.54) is 12.8 Å². The summed E-state index contributed by atoms with van der Waals surface area (Å²) in [5.74, 6) is 1.39. The number of amides is 2. The zero-order valence-electron chi connectivity index (χ0n) is 23.7. The molecule has 4 rings (SSSR count). The Morgan fingerprint density at radius 3 is 2.75 bits per heavy atom. The maximum absolute atomic E-state index is 12.7. The van der Waals surface area contributed by atoms with Gasteiger partial charge in [-0.3, -0.25) is 9.59 Å². The third kappa shape index (κ3) is 7.08. The van der Waals surface area contributed by atoms with Crippen molar-refractivity contribution in [2.24, 2.45) is 9.98 Å². The molecule has 2 aromatic rings. The largest absolute Gasteiger partial charge is 0.495 e. The standard InChI is InChI=1S/C29H40N8O3/c1-21-27(37(23-9-5-6-10-23)17-13-26(38)35(21)3)34-29(30-2)33-24-12-11-22(19-25(24)40-4)28(39)32-14-7-8-16-36-18-15-31-20-36/h11-12,15,18-20,23H,2,5-10,13-14,16-17H2,1,3-4H3,(H,32,39)(H,33,34). The monoisotopic (exact) mass is 548 g/mol. The number of imidazole rings is 1. The van der Waals surface area contributed by atoms with Crippen LogP contribution in [0.4, 0.5) is 5.69 Å². The van der Waals surface area contributed by atoms with Gasteiger partial charge in [-0.2, -0.15) is 4.99 Å². The van der Waals surface area contributed by atoms with Crippen LogP contribution in [0.1, 0.15) is 62.2 Å². The SMILES string of the molecule is C=N/C(=N\C1=C(C)N(C)C(=O)CCN1C1CCCC1)Nc1ccc(C(=O)NCCCCn2ccnc2)cc1OC. The number of nitrogens with zero attached hydrogens (tertiary/aromatic N) is 6. The maximum atomic E-state index is 12.7. The van der Waals surface area contributed by atoms with E-state index in [1.807, 2.05) is 17.7 Å². The number of hydrogen-bond donors (Lipinski definition) is 2. The summed E-state index contributed by atoms with van der Waals surface area (Å²) >= 11 is 0. The Kier molecular flexibility index (Phi) is 9.93. The topological polar surface area (TPSA) is 116 Å². The first-order valence-corrected chi connectivity index (χ1v) is 13.9. The third-order valence-electron chi connectivity index (χ3n) is 7.56. The van der Waals surface area contributed by atoms with E-state index < -0.39 is 0 Å². The molecule has 2 heterocycles. The highest BCUT2D eigenvalue weighted by Crippen LogP contribution is 2.31. The molecular formula is C29H40N8O3. The molecule has 2 N–H and O–H groups in total. The second-order valence-corrected chi connectivity index (χ2v) is 10.1. The molecular weight excluding hydrogens is 508 g/mol. The Labute approximate surface area is 236 Å². The second kappa shape index (κ2) is 13.8. The van der Waals surface area contributed by atoms with E-state index in [1.54, 1.807) is 49.8 Å². The summed E-state index contributed by atoms with van der Waals surface area (Å²) in [7, 11) is 3.34. The predicted octanol–water partition coefficient (Wildman–Crippen LogP) is 3.87. The number of aliphatic imine (C=N–C) groups is 2. The number of carbonyl (C=O) groups is 2. The second-order valence-electron chi connectivity index (χ2n) is 10.1. The predicted molar refractivity (Wildman–Crippen MR) is 156 cm³/mol. The minimum absolute atomic E-state index is 0.0699. The minimum Gasteiger partial charge on any atom is -0.495 e. The number of guanidine groups is 1. The van der Waals surface area contributed by atoms with E-state index >= 15 is 0 Å². The molecule has 11 nitrogen and oxygen atoms in total. The van der Waals surface area contributed by atoms with Crippen molar-refractivity contribution in [2.45, 2.75) is 64.5 Å². The first-order valence-electron chi connectivity index (χ1n) is 13.9. The zero-order valence-corrected chi connectivity index (χ0v) is 23.7. The van der Waals surface area contributed by atoms with Gasteiger partial charge in [-0.15, -0.1) is 0 Å². The number of anilines is 1. The number of nitrogens with one attached hydrogen (secondary N) is 2. The summed E-state index contributed by atoms with van der Waals surface area (Å²) in [6.07, 6.45) is 12.2. The van der Waals surface area contributed by atoms with Crippen molar-refractivity contribution < 1.29 is 14.3 Å². The molecule has 1 fully saturated rings. The molecule has 2 amide bonds. The van der Waals surface area contributed by atoms with E-state index in [0.717, 1.165) is 43.7 Å². The molecule has 0 radical (unpaired) electrons. The van der Waals surface area contributed by atoms with E-state index in [0.29, 0.717) is 42.6 Å². The highest BCUT2D eigenvalue weighted by Gasteiger charge is 2.31. The molecule has 1 saturated carbocycles. The third-order valence-corrected chi connectivity index (χ3v) is 7.56.